The molecule has 1 aromatic carbocycles. The molecule has 0 bridgehead atoms. The molecule has 2 heterocycles. The molecular formula is C22H24ClN5O2. The van der Waals surface area contributed by atoms with Gasteiger partial charge in [-0.2, -0.15) is 5.10 Å². The average Bonchev–Trinajstić information content (AvgIpc) is 3.45. The van der Waals surface area contributed by atoms with Crippen LogP contribution >= 0.6 is 11.6 Å². The standard InChI is InChI=1S/C22H24ClN5O2/c1-11-18-15(21(30)25-13-7-8-16(23)14(9-13)19(24)29)10-17(12-5-6-12)26-20(18)28(27-11)22(2,3)4/h7-10,12H,5-6H2,1-4H3,(H2,24,29)(H,25,30). The van der Waals surface area contributed by atoms with Gasteiger partial charge in [-0.1, -0.05) is 11.6 Å². The van der Waals surface area contributed by atoms with Crippen molar-refractivity contribution in [2.75, 3.05) is 5.32 Å². The molecule has 7 nitrogen and oxygen atoms in total. The van der Waals surface area contributed by atoms with Crippen LogP contribution in [-0.4, -0.2) is 26.6 Å². The van der Waals surface area contributed by atoms with Gasteiger partial charge in [-0.3, -0.25) is 9.59 Å². The summed E-state index contributed by atoms with van der Waals surface area (Å²) < 4.78 is 1.88. The highest BCUT2D eigenvalue weighted by atomic mass is 35.5. The van der Waals surface area contributed by atoms with Gasteiger partial charge in [0.05, 0.1) is 32.8 Å². The Labute approximate surface area is 179 Å². The number of anilines is 1. The third-order valence-corrected chi connectivity index (χ3v) is 5.53. The van der Waals surface area contributed by atoms with Crippen molar-refractivity contribution >= 4 is 40.1 Å². The number of nitrogens with one attached hydrogen (secondary N) is 1. The van der Waals surface area contributed by atoms with Crippen molar-refractivity contribution in [2.45, 2.75) is 52.0 Å². The molecule has 3 aromatic rings. The number of carbonyl (C=O) groups excluding carboxylic acids is 2. The van der Waals surface area contributed by atoms with E-state index >= 15 is 0 Å². The minimum atomic E-state index is -0.652. The number of carbonyl (C=O) groups is 2. The number of primary amides is 1. The number of fused-ring (bicyclic) bond motifs is 1. The Balaban J connectivity index is 1.82. The second-order valence-corrected chi connectivity index (χ2v) is 9.16. The molecule has 0 radical (unpaired) electrons. The molecule has 0 spiro atoms. The second-order valence-electron chi connectivity index (χ2n) is 8.75. The zero-order valence-electron chi connectivity index (χ0n) is 17.4. The van der Waals surface area contributed by atoms with Crippen molar-refractivity contribution in [1.29, 1.82) is 0 Å². The summed E-state index contributed by atoms with van der Waals surface area (Å²) in [6.07, 6.45) is 2.14. The third kappa shape index (κ3) is 3.65. The molecule has 1 fully saturated rings. The van der Waals surface area contributed by atoms with E-state index in [0.29, 0.717) is 22.8 Å². The lowest BCUT2D eigenvalue weighted by Crippen LogP contribution is -2.23. The molecule has 1 aliphatic carbocycles. The van der Waals surface area contributed by atoms with Gasteiger partial charge in [0.1, 0.15) is 0 Å². The van der Waals surface area contributed by atoms with Crippen molar-refractivity contribution in [1.82, 2.24) is 14.8 Å². The van der Waals surface area contributed by atoms with E-state index in [4.69, 9.17) is 22.3 Å². The molecule has 0 atom stereocenters. The number of hydrogen-bond acceptors (Lipinski definition) is 4. The lowest BCUT2D eigenvalue weighted by Gasteiger charge is -2.20. The van der Waals surface area contributed by atoms with Gasteiger partial charge < -0.3 is 11.1 Å². The van der Waals surface area contributed by atoms with Crippen molar-refractivity contribution in [3.8, 4) is 0 Å². The summed E-state index contributed by atoms with van der Waals surface area (Å²) in [5, 5.41) is 8.51. The molecule has 2 amide bonds. The Morgan fingerprint density at radius 2 is 1.90 bits per heavy atom. The van der Waals surface area contributed by atoms with E-state index in [-0.39, 0.29) is 22.0 Å². The Hall–Kier alpha value is -2.93. The molecule has 3 N–H and O–H groups in total. The monoisotopic (exact) mass is 425 g/mol. The number of hydrogen-bond donors (Lipinski definition) is 2. The Kier molecular flexibility index (Phi) is 4.81. The summed E-state index contributed by atoms with van der Waals surface area (Å²) in [5.41, 5.74) is 8.57. The summed E-state index contributed by atoms with van der Waals surface area (Å²) >= 11 is 6.02. The van der Waals surface area contributed by atoms with E-state index in [1.807, 2.05) is 17.7 Å². The zero-order valence-corrected chi connectivity index (χ0v) is 18.2. The van der Waals surface area contributed by atoms with Crippen LogP contribution in [0.1, 0.15) is 71.6 Å². The number of rotatable bonds is 4. The topological polar surface area (TPSA) is 103 Å². The summed E-state index contributed by atoms with van der Waals surface area (Å²) in [6, 6.07) is 6.52. The first-order valence-corrected chi connectivity index (χ1v) is 10.3. The van der Waals surface area contributed by atoms with Crippen LogP contribution in [0.15, 0.2) is 24.3 Å². The average molecular weight is 426 g/mol. The lowest BCUT2D eigenvalue weighted by molar-refractivity contribution is 0.0996. The fraction of sp³-hybridized carbons (Fsp3) is 0.364. The second kappa shape index (κ2) is 7.09. The van der Waals surface area contributed by atoms with E-state index in [9.17, 15) is 9.59 Å². The smallest absolute Gasteiger partial charge is 0.256 e. The molecule has 0 saturated heterocycles. The fourth-order valence-corrected chi connectivity index (χ4v) is 3.74. The third-order valence-electron chi connectivity index (χ3n) is 5.20. The lowest BCUT2D eigenvalue weighted by atomic mass is 10.1. The van der Waals surface area contributed by atoms with E-state index in [2.05, 4.69) is 31.2 Å². The van der Waals surface area contributed by atoms with Crippen LogP contribution < -0.4 is 11.1 Å². The predicted molar refractivity (Wildman–Crippen MR) is 117 cm³/mol. The van der Waals surface area contributed by atoms with Gasteiger partial charge in [0.2, 0.25) is 5.91 Å². The van der Waals surface area contributed by atoms with E-state index in [1.54, 1.807) is 6.07 Å². The number of aryl methyl sites for hydroxylation is 1. The molecule has 0 unspecified atom stereocenters. The number of amides is 2. The van der Waals surface area contributed by atoms with Crippen molar-refractivity contribution in [2.24, 2.45) is 5.73 Å². The summed E-state index contributed by atoms with van der Waals surface area (Å²) in [7, 11) is 0. The van der Waals surface area contributed by atoms with Crippen molar-refractivity contribution < 1.29 is 9.59 Å². The molecule has 8 heteroatoms. The number of halogens is 1. The first-order valence-electron chi connectivity index (χ1n) is 9.87. The van der Waals surface area contributed by atoms with Crippen molar-refractivity contribution in [3.05, 3.63) is 51.8 Å². The van der Waals surface area contributed by atoms with Gasteiger partial charge in [-0.25, -0.2) is 9.67 Å². The number of benzene rings is 1. The summed E-state index contributed by atoms with van der Waals surface area (Å²) in [5.74, 6) is -0.569. The summed E-state index contributed by atoms with van der Waals surface area (Å²) in [6.45, 7) is 8.06. The molecular weight excluding hydrogens is 402 g/mol. The Bertz CT molecular complexity index is 1190. The number of nitrogens with two attached hydrogens (primary N) is 1. The molecule has 2 aromatic heterocycles. The van der Waals surface area contributed by atoms with Crippen LogP contribution in [0.3, 0.4) is 0 Å². The number of aromatic nitrogens is 3. The van der Waals surface area contributed by atoms with Crippen LogP contribution in [0, 0.1) is 6.92 Å². The summed E-state index contributed by atoms with van der Waals surface area (Å²) in [4.78, 5) is 29.7. The van der Waals surface area contributed by atoms with E-state index in [0.717, 1.165) is 29.6 Å². The van der Waals surface area contributed by atoms with Gasteiger partial charge in [-0.15, -0.1) is 0 Å². The van der Waals surface area contributed by atoms with Crippen LogP contribution in [0.25, 0.3) is 11.0 Å². The number of nitrogens with zero attached hydrogens (tertiary/aromatic N) is 3. The molecule has 0 aliphatic heterocycles. The van der Waals surface area contributed by atoms with Crippen molar-refractivity contribution in [3.63, 3.8) is 0 Å². The largest absolute Gasteiger partial charge is 0.366 e. The van der Waals surface area contributed by atoms with E-state index < -0.39 is 5.91 Å². The van der Waals surface area contributed by atoms with Gasteiger partial charge in [0, 0.05) is 17.3 Å². The van der Waals surface area contributed by atoms with E-state index in [1.165, 1.54) is 12.1 Å². The predicted octanol–water partition coefficient (Wildman–Crippen LogP) is 4.38. The fourth-order valence-electron chi connectivity index (χ4n) is 3.53. The highest BCUT2D eigenvalue weighted by Crippen LogP contribution is 2.41. The first-order chi connectivity index (χ1) is 14.1. The van der Waals surface area contributed by atoms with Crippen LogP contribution in [0.2, 0.25) is 5.02 Å². The molecule has 1 aliphatic rings. The van der Waals surface area contributed by atoms with Gasteiger partial charge >= 0.3 is 0 Å². The van der Waals surface area contributed by atoms with Gasteiger partial charge in [0.15, 0.2) is 5.65 Å². The molecule has 1 saturated carbocycles. The first kappa shape index (κ1) is 20.3. The maximum Gasteiger partial charge on any atom is 0.256 e. The molecule has 4 rings (SSSR count). The highest BCUT2D eigenvalue weighted by Gasteiger charge is 2.30. The molecule has 30 heavy (non-hydrogen) atoms. The SMILES string of the molecule is Cc1nn(C(C)(C)C)c2nc(C3CC3)cc(C(=O)Nc3ccc(Cl)c(C(N)=O)c3)c12. The minimum Gasteiger partial charge on any atom is -0.366 e. The zero-order chi connectivity index (χ0) is 21.8. The van der Waals surface area contributed by atoms with Crippen LogP contribution in [-0.2, 0) is 5.54 Å². The minimum absolute atomic E-state index is 0.157. The maximum absolute atomic E-state index is 13.3. The van der Waals surface area contributed by atoms with Crippen LogP contribution in [0.4, 0.5) is 5.69 Å². The quantitative estimate of drug-likeness (QED) is 0.647. The normalized spacial score (nSPS) is 14.2. The number of pyridine rings is 1. The maximum atomic E-state index is 13.3. The van der Waals surface area contributed by atoms with Gasteiger partial charge in [0.25, 0.3) is 5.91 Å². The Morgan fingerprint density at radius 1 is 1.20 bits per heavy atom. The van der Waals surface area contributed by atoms with Crippen LogP contribution in [0.5, 0.6) is 0 Å². The Morgan fingerprint density at radius 3 is 2.50 bits per heavy atom. The van der Waals surface area contributed by atoms with Gasteiger partial charge in [-0.05, 0) is 64.8 Å². The highest BCUT2D eigenvalue weighted by molar-refractivity contribution is 6.34. The molecule has 156 valence electrons.